The Kier molecular flexibility index (Phi) is 4.77. The number of aryl methyl sites for hydroxylation is 1. The maximum absolute atomic E-state index is 9.77. The molecule has 0 saturated carbocycles. The summed E-state index contributed by atoms with van der Waals surface area (Å²) in [5.74, 6) is 2.43. The van der Waals surface area contributed by atoms with Crippen LogP contribution in [0, 0.1) is 6.92 Å². The molecule has 6 nitrogen and oxygen atoms in total. The minimum absolute atomic E-state index is 0.0795. The summed E-state index contributed by atoms with van der Waals surface area (Å²) in [7, 11) is 1.86. The molecular weight excluding hydrogens is 256 g/mol. The number of hydrogen-bond acceptors (Lipinski definition) is 6. The molecule has 2 heterocycles. The number of ether oxygens (including phenoxy) is 1. The van der Waals surface area contributed by atoms with E-state index in [2.05, 4.69) is 20.6 Å². The molecule has 1 saturated heterocycles. The van der Waals surface area contributed by atoms with Crippen LogP contribution in [0.2, 0.25) is 0 Å². The van der Waals surface area contributed by atoms with E-state index in [0.717, 1.165) is 42.3 Å². The summed E-state index contributed by atoms with van der Waals surface area (Å²) >= 11 is 0. The topological polar surface area (TPSA) is 79.3 Å². The lowest BCUT2D eigenvalue weighted by atomic mass is 9.91. The fraction of sp³-hybridized carbons (Fsp3) is 0.714. The van der Waals surface area contributed by atoms with E-state index < -0.39 is 0 Å². The van der Waals surface area contributed by atoms with Gasteiger partial charge in [0.25, 0.3) is 0 Å². The number of anilines is 2. The lowest BCUT2D eigenvalue weighted by Crippen LogP contribution is -2.47. The van der Waals surface area contributed by atoms with Crippen LogP contribution in [0.15, 0.2) is 0 Å². The van der Waals surface area contributed by atoms with Crippen molar-refractivity contribution in [2.75, 3.05) is 37.5 Å². The van der Waals surface area contributed by atoms with Gasteiger partial charge < -0.3 is 20.5 Å². The van der Waals surface area contributed by atoms with Crippen molar-refractivity contribution in [2.24, 2.45) is 0 Å². The molecule has 0 bridgehead atoms. The molecule has 20 heavy (non-hydrogen) atoms. The van der Waals surface area contributed by atoms with Crippen LogP contribution in [0.4, 0.5) is 11.6 Å². The smallest absolute Gasteiger partial charge is 0.135 e. The Labute approximate surface area is 120 Å². The quantitative estimate of drug-likeness (QED) is 0.755. The van der Waals surface area contributed by atoms with Crippen LogP contribution in [-0.4, -0.2) is 47.5 Å². The highest BCUT2D eigenvalue weighted by Gasteiger charge is 2.33. The van der Waals surface area contributed by atoms with Crippen molar-refractivity contribution in [1.29, 1.82) is 0 Å². The van der Waals surface area contributed by atoms with Gasteiger partial charge in [0, 0.05) is 32.2 Å². The van der Waals surface area contributed by atoms with E-state index in [-0.39, 0.29) is 12.1 Å². The van der Waals surface area contributed by atoms with Crippen molar-refractivity contribution in [3.05, 3.63) is 11.4 Å². The largest absolute Gasteiger partial charge is 0.394 e. The summed E-state index contributed by atoms with van der Waals surface area (Å²) in [5.41, 5.74) is 0.636. The average Bonchev–Trinajstić information content (AvgIpc) is 2.50. The fourth-order valence-electron chi connectivity index (χ4n) is 2.42. The van der Waals surface area contributed by atoms with E-state index in [1.807, 2.05) is 20.9 Å². The van der Waals surface area contributed by atoms with Crippen LogP contribution in [0.1, 0.15) is 31.2 Å². The van der Waals surface area contributed by atoms with Crippen LogP contribution < -0.4 is 10.6 Å². The van der Waals surface area contributed by atoms with Gasteiger partial charge in [0.1, 0.15) is 17.5 Å². The summed E-state index contributed by atoms with van der Waals surface area (Å²) in [5, 5.41) is 16.3. The molecule has 1 aromatic rings. The predicted molar refractivity (Wildman–Crippen MR) is 79.2 cm³/mol. The summed E-state index contributed by atoms with van der Waals surface area (Å²) in [4.78, 5) is 9.03. The highest BCUT2D eigenvalue weighted by atomic mass is 16.5. The van der Waals surface area contributed by atoms with Crippen molar-refractivity contribution >= 4 is 11.6 Å². The molecule has 0 aliphatic carbocycles. The number of nitrogens with one attached hydrogen (secondary N) is 2. The van der Waals surface area contributed by atoms with E-state index in [4.69, 9.17) is 4.74 Å². The third-order valence-corrected chi connectivity index (χ3v) is 3.88. The van der Waals surface area contributed by atoms with E-state index in [0.29, 0.717) is 13.2 Å². The fourth-order valence-corrected chi connectivity index (χ4v) is 2.42. The van der Waals surface area contributed by atoms with Crippen LogP contribution in [0.25, 0.3) is 0 Å². The Bertz CT molecular complexity index is 459. The molecule has 0 radical (unpaired) electrons. The summed E-state index contributed by atoms with van der Waals surface area (Å²) in [6.45, 7) is 5.42. The zero-order chi connectivity index (χ0) is 14.6. The molecule has 0 amide bonds. The van der Waals surface area contributed by atoms with Crippen molar-refractivity contribution in [2.45, 2.75) is 38.6 Å². The number of aliphatic hydroxyl groups is 1. The van der Waals surface area contributed by atoms with Gasteiger partial charge in [0.2, 0.25) is 0 Å². The van der Waals surface area contributed by atoms with Crippen LogP contribution in [0.3, 0.4) is 0 Å². The standard InChI is InChI=1S/C14H24N4O2/c1-4-11-16-12(15-3)10(2)13(17-11)18-14(9-19)5-7-20-8-6-14/h19H,4-9H2,1-3H3,(H2,15,16,17,18). The first kappa shape index (κ1) is 15.0. The number of aromatic nitrogens is 2. The molecule has 1 aliphatic rings. The van der Waals surface area contributed by atoms with Crippen LogP contribution >= 0.6 is 0 Å². The molecule has 0 spiro atoms. The second-order valence-electron chi connectivity index (χ2n) is 5.24. The molecule has 1 aliphatic heterocycles. The normalized spacial score (nSPS) is 17.8. The first-order chi connectivity index (χ1) is 9.64. The maximum atomic E-state index is 9.77. The number of hydrogen-bond donors (Lipinski definition) is 3. The lowest BCUT2D eigenvalue weighted by molar-refractivity contribution is 0.0378. The lowest BCUT2D eigenvalue weighted by Gasteiger charge is -2.37. The molecule has 3 N–H and O–H groups in total. The highest BCUT2D eigenvalue weighted by Crippen LogP contribution is 2.28. The van der Waals surface area contributed by atoms with Crippen LogP contribution in [-0.2, 0) is 11.2 Å². The Balaban J connectivity index is 2.31. The zero-order valence-corrected chi connectivity index (χ0v) is 12.5. The second-order valence-corrected chi connectivity index (χ2v) is 5.24. The van der Waals surface area contributed by atoms with Crippen molar-refractivity contribution in [3.63, 3.8) is 0 Å². The number of nitrogens with zero attached hydrogens (tertiary/aromatic N) is 2. The third kappa shape index (κ3) is 3.02. The molecule has 0 atom stereocenters. The first-order valence-corrected chi connectivity index (χ1v) is 7.16. The van der Waals surface area contributed by atoms with Gasteiger partial charge in [-0.1, -0.05) is 6.92 Å². The molecule has 6 heteroatoms. The number of aliphatic hydroxyl groups excluding tert-OH is 1. The minimum atomic E-state index is -0.340. The van der Waals surface area contributed by atoms with Crippen molar-refractivity contribution in [1.82, 2.24) is 9.97 Å². The van der Waals surface area contributed by atoms with Crippen molar-refractivity contribution < 1.29 is 9.84 Å². The molecule has 112 valence electrons. The Hall–Kier alpha value is -1.40. The van der Waals surface area contributed by atoms with Gasteiger partial charge in [-0.25, -0.2) is 9.97 Å². The summed E-state index contributed by atoms with van der Waals surface area (Å²) in [6, 6.07) is 0. The van der Waals surface area contributed by atoms with E-state index >= 15 is 0 Å². The van der Waals surface area contributed by atoms with Gasteiger partial charge in [-0.2, -0.15) is 0 Å². The minimum Gasteiger partial charge on any atom is -0.394 e. The Morgan fingerprint density at radius 3 is 2.45 bits per heavy atom. The SMILES string of the molecule is CCc1nc(NC)c(C)c(NC2(CO)CCOCC2)n1. The van der Waals surface area contributed by atoms with Gasteiger partial charge in [-0.05, 0) is 19.8 Å². The summed E-state index contributed by atoms with van der Waals surface area (Å²) in [6.07, 6.45) is 2.34. The van der Waals surface area contributed by atoms with Gasteiger partial charge in [0.15, 0.2) is 0 Å². The van der Waals surface area contributed by atoms with Gasteiger partial charge in [-0.15, -0.1) is 0 Å². The van der Waals surface area contributed by atoms with Crippen LogP contribution in [0.5, 0.6) is 0 Å². The zero-order valence-electron chi connectivity index (χ0n) is 12.5. The molecule has 0 aromatic carbocycles. The molecule has 1 aromatic heterocycles. The van der Waals surface area contributed by atoms with Crippen molar-refractivity contribution in [3.8, 4) is 0 Å². The maximum Gasteiger partial charge on any atom is 0.135 e. The predicted octanol–water partition coefficient (Wildman–Crippen LogP) is 1.34. The summed E-state index contributed by atoms with van der Waals surface area (Å²) < 4.78 is 5.39. The van der Waals surface area contributed by atoms with E-state index in [9.17, 15) is 5.11 Å². The Morgan fingerprint density at radius 1 is 1.25 bits per heavy atom. The third-order valence-electron chi connectivity index (χ3n) is 3.88. The Morgan fingerprint density at radius 2 is 1.90 bits per heavy atom. The molecule has 1 fully saturated rings. The number of rotatable bonds is 5. The van der Waals surface area contributed by atoms with E-state index in [1.54, 1.807) is 0 Å². The van der Waals surface area contributed by atoms with E-state index in [1.165, 1.54) is 0 Å². The van der Waals surface area contributed by atoms with Gasteiger partial charge in [0.05, 0.1) is 12.1 Å². The first-order valence-electron chi connectivity index (χ1n) is 7.16. The monoisotopic (exact) mass is 280 g/mol. The molecule has 2 rings (SSSR count). The molecule has 0 unspecified atom stereocenters. The highest BCUT2D eigenvalue weighted by molar-refractivity contribution is 5.58. The second kappa shape index (κ2) is 6.37. The van der Waals surface area contributed by atoms with Gasteiger partial charge in [-0.3, -0.25) is 0 Å². The molecular formula is C14H24N4O2. The van der Waals surface area contributed by atoms with Gasteiger partial charge >= 0.3 is 0 Å². The average molecular weight is 280 g/mol.